The van der Waals surface area contributed by atoms with E-state index in [0.29, 0.717) is 5.56 Å². The molecule has 0 aliphatic heterocycles. The molecule has 1 aliphatic carbocycles. The minimum Gasteiger partial charge on any atom is -0.449 e. The van der Waals surface area contributed by atoms with Gasteiger partial charge in [0.25, 0.3) is 0 Å². The van der Waals surface area contributed by atoms with Gasteiger partial charge in [-0.25, -0.2) is 4.79 Å². The standard InChI is InChI=1S/C28H30N2O5/c1-29-26(32)16-18-10-12-19(13-11-18)27(33)25(31)14-15-30-28(34)35-17-24-22-8-4-2-6-20(22)21-7-3-5-9-23(21)24/h2-13,24-25,27,31,33H,14-17H2,1H3,(H,29,32)(H,30,34). The highest BCUT2D eigenvalue weighted by Crippen LogP contribution is 2.44. The summed E-state index contributed by atoms with van der Waals surface area (Å²) in [6.07, 6.45) is -2.32. The Bertz CT molecular complexity index is 1130. The van der Waals surface area contributed by atoms with E-state index in [1.54, 1.807) is 31.3 Å². The first kappa shape index (κ1) is 24.4. The molecule has 1 aliphatic rings. The molecule has 7 heteroatoms. The summed E-state index contributed by atoms with van der Waals surface area (Å²) in [5, 5.41) is 26.0. The van der Waals surface area contributed by atoms with Crippen LogP contribution in [-0.2, 0) is 16.0 Å². The Morgan fingerprint density at radius 1 is 0.914 bits per heavy atom. The number of likely N-dealkylation sites (N-methyl/N-ethyl adjacent to an activating group) is 1. The maximum absolute atomic E-state index is 12.3. The van der Waals surface area contributed by atoms with Crippen molar-refractivity contribution in [2.24, 2.45) is 0 Å². The Balaban J connectivity index is 1.24. The summed E-state index contributed by atoms with van der Waals surface area (Å²) in [6, 6.07) is 23.1. The zero-order valence-electron chi connectivity index (χ0n) is 19.6. The molecule has 0 fully saturated rings. The number of rotatable bonds is 9. The number of hydrogen-bond acceptors (Lipinski definition) is 5. The van der Waals surface area contributed by atoms with Gasteiger partial charge in [0.1, 0.15) is 12.7 Å². The maximum Gasteiger partial charge on any atom is 0.407 e. The number of nitrogens with one attached hydrogen (secondary N) is 2. The summed E-state index contributed by atoms with van der Waals surface area (Å²) in [6.45, 7) is 0.372. The van der Waals surface area contributed by atoms with E-state index >= 15 is 0 Å². The third-order valence-electron chi connectivity index (χ3n) is 6.38. The van der Waals surface area contributed by atoms with Crippen molar-refractivity contribution >= 4 is 12.0 Å². The summed E-state index contributed by atoms with van der Waals surface area (Å²) in [5.74, 6) is -0.121. The van der Waals surface area contributed by atoms with Crippen LogP contribution in [-0.4, -0.2) is 48.5 Å². The Morgan fingerprint density at radius 2 is 1.51 bits per heavy atom. The van der Waals surface area contributed by atoms with Crippen LogP contribution < -0.4 is 10.6 Å². The monoisotopic (exact) mass is 474 g/mol. The van der Waals surface area contributed by atoms with Crippen LogP contribution >= 0.6 is 0 Å². The minimum atomic E-state index is -1.10. The van der Waals surface area contributed by atoms with Crippen LogP contribution in [0.25, 0.3) is 11.1 Å². The second kappa shape index (κ2) is 11.2. The van der Waals surface area contributed by atoms with Crippen molar-refractivity contribution in [1.29, 1.82) is 0 Å². The molecule has 4 rings (SSSR count). The van der Waals surface area contributed by atoms with E-state index in [-0.39, 0.29) is 37.8 Å². The summed E-state index contributed by atoms with van der Waals surface area (Å²) in [7, 11) is 1.58. The van der Waals surface area contributed by atoms with Gasteiger partial charge in [-0.1, -0.05) is 72.8 Å². The van der Waals surface area contributed by atoms with Crippen LogP contribution in [0, 0.1) is 0 Å². The van der Waals surface area contributed by atoms with Crippen LogP contribution in [0.4, 0.5) is 4.79 Å². The van der Waals surface area contributed by atoms with Gasteiger partial charge in [-0.2, -0.15) is 0 Å². The zero-order chi connectivity index (χ0) is 24.8. The molecule has 0 spiro atoms. The molecular formula is C28H30N2O5. The van der Waals surface area contributed by atoms with E-state index in [2.05, 4.69) is 34.9 Å². The molecule has 3 aromatic rings. The number of carbonyl (C=O) groups excluding carboxylic acids is 2. The molecule has 4 N–H and O–H groups in total. The van der Waals surface area contributed by atoms with Gasteiger partial charge < -0.3 is 25.6 Å². The lowest BCUT2D eigenvalue weighted by Crippen LogP contribution is -2.30. The predicted octanol–water partition coefficient (Wildman–Crippen LogP) is 3.30. The topological polar surface area (TPSA) is 108 Å². The quantitative estimate of drug-likeness (QED) is 0.381. The number of carbonyl (C=O) groups is 2. The van der Waals surface area contributed by atoms with Crippen molar-refractivity contribution in [3.63, 3.8) is 0 Å². The predicted molar refractivity (Wildman–Crippen MR) is 133 cm³/mol. The zero-order valence-corrected chi connectivity index (χ0v) is 19.6. The highest BCUT2D eigenvalue weighted by atomic mass is 16.5. The first-order valence-electron chi connectivity index (χ1n) is 11.7. The molecule has 3 aromatic carbocycles. The normalized spacial score (nSPS) is 13.9. The summed E-state index contributed by atoms with van der Waals surface area (Å²) < 4.78 is 5.49. The minimum absolute atomic E-state index is 0.0214. The van der Waals surface area contributed by atoms with Crippen LogP contribution in [0.5, 0.6) is 0 Å². The lowest BCUT2D eigenvalue weighted by atomic mass is 9.98. The van der Waals surface area contributed by atoms with Crippen molar-refractivity contribution < 1.29 is 24.5 Å². The fourth-order valence-electron chi connectivity index (χ4n) is 4.46. The molecule has 35 heavy (non-hydrogen) atoms. The second-order valence-corrected chi connectivity index (χ2v) is 8.64. The molecular weight excluding hydrogens is 444 g/mol. The summed E-state index contributed by atoms with van der Waals surface area (Å²) >= 11 is 0. The molecule has 2 atom stereocenters. The number of ether oxygens (including phenoxy) is 1. The van der Waals surface area contributed by atoms with E-state index in [1.165, 1.54) is 0 Å². The fraction of sp³-hybridized carbons (Fsp3) is 0.286. The number of hydrogen-bond donors (Lipinski definition) is 4. The Kier molecular flexibility index (Phi) is 7.80. The van der Waals surface area contributed by atoms with Crippen molar-refractivity contribution in [1.82, 2.24) is 10.6 Å². The van der Waals surface area contributed by atoms with E-state index in [4.69, 9.17) is 4.74 Å². The van der Waals surface area contributed by atoms with Gasteiger partial charge in [0, 0.05) is 19.5 Å². The van der Waals surface area contributed by atoms with Crippen molar-refractivity contribution in [2.45, 2.75) is 31.0 Å². The van der Waals surface area contributed by atoms with E-state index in [9.17, 15) is 19.8 Å². The third-order valence-corrected chi connectivity index (χ3v) is 6.38. The van der Waals surface area contributed by atoms with Gasteiger partial charge >= 0.3 is 6.09 Å². The van der Waals surface area contributed by atoms with Gasteiger partial charge in [-0.15, -0.1) is 0 Å². The van der Waals surface area contributed by atoms with Gasteiger partial charge in [0.2, 0.25) is 5.91 Å². The highest BCUT2D eigenvalue weighted by molar-refractivity contribution is 5.79. The number of amides is 2. The van der Waals surface area contributed by atoms with E-state index < -0.39 is 18.3 Å². The number of aliphatic hydroxyl groups is 2. The van der Waals surface area contributed by atoms with Crippen LogP contribution in [0.3, 0.4) is 0 Å². The largest absolute Gasteiger partial charge is 0.449 e. The summed E-state index contributed by atoms with van der Waals surface area (Å²) in [5.41, 5.74) is 5.96. The lowest BCUT2D eigenvalue weighted by molar-refractivity contribution is -0.119. The Hall–Kier alpha value is -3.68. The van der Waals surface area contributed by atoms with Crippen LogP contribution in [0.15, 0.2) is 72.8 Å². The first-order chi connectivity index (χ1) is 17.0. The molecule has 0 bridgehead atoms. The fourth-order valence-corrected chi connectivity index (χ4v) is 4.46. The van der Waals surface area contributed by atoms with Crippen LogP contribution in [0.1, 0.15) is 40.7 Å². The lowest BCUT2D eigenvalue weighted by Gasteiger charge is -2.19. The third kappa shape index (κ3) is 5.70. The van der Waals surface area contributed by atoms with Crippen molar-refractivity contribution in [3.05, 3.63) is 95.1 Å². The molecule has 0 aromatic heterocycles. The van der Waals surface area contributed by atoms with E-state index in [0.717, 1.165) is 27.8 Å². The number of aliphatic hydroxyl groups excluding tert-OH is 2. The first-order valence-corrected chi connectivity index (χ1v) is 11.7. The average Bonchev–Trinajstić information content (AvgIpc) is 3.21. The van der Waals surface area contributed by atoms with Crippen LogP contribution in [0.2, 0.25) is 0 Å². The molecule has 2 amide bonds. The number of fused-ring (bicyclic) bond motifs is 3. The highest BCUT2D eigenvalue weighted by Gasteiger charge is 2.29. The summed E-state index contributed by atoms with van der Waals surface area (Å²) in [4.78, 5) is 23.8. The van der Waals surface area contributed by atoms with Crippen molar-refractivity contribution in [3.8, 4) is 11.1 Å². The molecule has 182 valence electrons. The SMILES string of the molecule is CNC(=O)Cc1ccc(C(O)C(O)CCNC(=O)OCC2c3ccccc3-c3ccccc32)cc1. The maximum atomic E-state index is 12.3. The smallest absolute Gasteiger partial charge is 0.407 e. The van der Waals surface area contributed by atoms with Gasteiger partial charge in [-0.3, -0.25) is 4.79 Å². The van der Waals surface area contributed by atoms with E-state index in [1.807, 2.05) is 24.3 Å². The molecule has 0 saturated carbocycles. The van der Waals surface area contributed by atoms with Gasteiger partial charge in [-0.05, 0) is 39.8 Å². The Labute approximate surface area is 204 Å². The average molecular weight is 475 g/mol. The molecule has 0 saturated heterocycles. The molecule has 0 radical (unpaired) electrons. The van der Waals surface area contributed by atoms with Gasteiger partial charge in [0.15, 0.2) is 0 Å². The molecule has 0 heterocycles. The van der Waals surface area contributed by atoms with Gasteiger partial charge in [0.05, 0.1) is 12.5 Å². The number of alkyl carbamates (subject to hydrolysis) is 1. The Morgan fingerprint density at radius 3 is 2.11 bits per heavy atom. The molecule has 2 unspecified atom stereocenters. The van der Waals surface area contributed by atoms with Crippen molar-refractivity contribution in [2.75, 3.05) is 20.2 Å². The second-order valence-electron chi connectivity index (χ2n) is 8.64. The molecule has 7 nitrogen and oxygen atoms in total. The number of benzene rings is 3.